The van der Waals surface area contributed by atoms with E-state index in [1.165, 1.54) is 161 Å². The van der Waals surface area contributed by atoms with Crippen LogP contribution < -0.4 is 0 Å². The lowest BCUT2D eigenvalue weighted by Crippen LogP contribution is -2.30. The van der Waals surface area contributed by atoms with Gasteiger partial charge in [-0.15, -0.1) is 0 Å². The van der Waals surface area contributed by atoms with E-state index in [9.17, 15) is 14.4 Å². The predicted molar refractivity (Wildman–Crippen MR) is 238 cm³/mol. The largest absolute Gasteiger partial charge is 0.462 e. The summed E-state index contributed by atoms with van der Waals surface area (Å²) >= 11 is 0. The van der Waals surface area contributed by atoms with Gasteiger partial charge in [-0.05, 0) is 31.1 Å². The van der Waals surface area contributed by atoms with Crippen molar-refractivity contribution in [2.24, 2.45) is 11.8 Å². The maximum atomic E-state index is 12.7. The van der Waals surface area contributed by atoms with Crippen molar-refractivity contribution in [3.05, 3.63) is 0 Å². The predicted octanol–water partition coefficient (Wildman–Crippen LogP) is 15.8. The summed E-state index contributed by atoms with van der Waals surface area (Å²) in [5.41, 5.74) is 0. The number of hydrogen-bond donors (Lipinski definition) is 0. The second-order valence-electron chi connectivity index (χ2n) is 18.1. The fraction of sp³-hybridized carbons (Fsp3) is 0.940. The fourth-order valence-corrected chi connectivity index (χ4v) is 7.46. The Morgan fingerprint density at radius 1 is 0.339 bits per heavy atom. The molecule has 0 unspecified atom stereocenters. The van der Waals surface area contributed by atoms with Crippen LogP contribution in [0.3, 0.4) is 0 Å². The Bertz CT molecular complexity index is 854. The maximum Gasteiger partial charge on any atom is 0.306 e. The molecule has 0 N–H and O–H groups in total. The third-order valence-electron chi connectivity index (χ3n) is 11.2. The number of esters is 3. The van der Waals surface area contributed by atoms with Crippen LogP contribution >= 0.6 is 0 Å². The zero-order chi connectivity index (χ0) is 41.2. The molecule has 0 aliphatic rings. The van der Waals surface area contributed by atoms with E-state index in [1.807, 2.05) is 0 Å². The van der Waals surface area contributed by atoms with Crippen molar-refractivity contribution in [1.82, 2.24) is 0 Å². The average Bonchev–Trinajstić information content (AvgIpc) is 3.16. The van der Waals surface area contributed by atoms with Gasteiger partial charge < -0.3 is 14.2 Å². The SMILES string of the molecule is CCCCCCCCCC(=O)OC[C@H](COC(=O)CCCCCCCCCCCCCCCC(C)C)OC(=O)CCCCCCCCCCCCCCC(C)C. The van der Waals surface area contributed by atoms with E-state index in [0.717, 1.165) is 69.6 Å². The smallest absolute Gasteiger partial charge is 0.306 e. The van der Waals surface area contributed by atoms with Crippen LogP contribution in [0.2, 0.25) is 0 Å². The van der Waals surface area contributed by atoms with Crippen molar-refractivity contribution in [1.29, 1.82) is 0 Å². The average molecular weight is 793 g/mol. The van der Waals surface area contributed by atoms with E-state index >= 15 is 0 Å². The Hall–Kier alpha value is -1.59. The number of hydrogen-bond acceptors (Lipinski definition) is 6. The summed E-state index contributed by atoms with van der Waals surface area (Å²) in [6.07, 6.45) is 42.4. The number of rotatable bonds is 44. The molecule has 1 atom stereocenters. The molecule has 0 bridgehead atoms. The van der Waals surface area contributed by atoms with Gasteiger partial charge in [0.1, 0.15) is 13.2 Å². The Morgan fingerprint density at radius 3 is 0.875 bits per heavy atom. The molecule has 0 amide bonds. The summed E-state index contributed by atoms with van der Waals surface area (Å²) in [7, 11) is 0. The number of unbranched alkanes of at least 4 members (excludes halogenated alkanes) is 29. The molecule has 0 saturated heterocycles. The molecule has 0 rings (SSSR count). The number of ether oxygens (including phenoxy) is 3. The topological polar surface area (TPSA) is 78.9 Å². The Labute approximate surface area is 348 Å². The van der Waals surface area contributed by atoms with Crippen molar-refractivity contribution in [2.45, 2.75) is 278 Å². The molecule has 0 aromatic carbocycles. The van der Waals surface area contributed by atoms with Gasteiger partial charge in [0.25, 0.3) is 0 Å². The van der Waals surface area contributed by atoms with Gasteiger partial charge in [0.2, 0.25) is 0 Å². The third kappa shape index (κ3) is 43.5. The van der Waals surface area contributed by atoms with Crippen LogP contribution in [0.15, 0.2) is 0 Å². The summed E-state index contributed by atoms with van der Waals surface area (Å²) < 4.78 is 16.7. The monoisotopic (exact) mass is 793 g/mol. The summed E-state index contributed by atoms with van der Waals surface area (Å²) in [4.78, 5) is 37.7. The zero-order valence-electron chi connectivity index (χ0n) is 38.3. The van der Waals surface area contributed by atoms with Gasteiger partial charge in [-0.2, -0.15) is 0 Å². The molecule has 0 radical (unpaired) electrons. The minimum Gasteiger partial charge on any atom is -0.462 e. The third-order valence-corrected chi connectivity index (χ3v) is 11.2. The van der Waals surface area contributed by atoms with E-state index in [4.69, 9.17) is 14.2 Å². The van der Waals surface area contributed by atoms with Gasteiger partial charge in [-0.25, -0.2) is 0 Å². The molecule has 0 aliphatic carbocycles. The second kappa shape index (κ2) is 43.0. The summed E-state index contributed by atoms with van der Waals surface area (Å²) in [6.45, 7) is 11.3. The van der Waals surface area contributed by atoms with E-state index in [1.54, 1.807) is 0 Å². The molecule has 0 saturated carbocycles. The molecule has 332 valence electrons. The first-order chi connectivity index (χ1) is 27.2. The first-order valence-corrected chi connectivity index (χ1v) is 24.7. The Morgan fingerprint density at radius 2 is 0.589 bits per heavy atom. The molecule has 6 nitrogen and oxygen atoms in total. The lowest BCUT2D eigenvalue weighted by molar-refractivity contribution is -0.167. The number of carbonyl (C=O) groups excluding carboxylic acids is 3. The highest BCUT2D eigenvalue weighted by Crippen LogP contribution is 2.17. The summed E-state index contributed by atoms with van der Waals surface area (Å²) in [5, 5.41) is 0. The molecule has 0 fully saturated rings. The van der Waals surface area contributed by atoms with E-state index in [2.05, 4.69) is 34.6 Å². The van der Waals surface area contributed by atoms with Crippen LogP contribution in [0, 0.1) is 11.8 Å². The van der Waals surface area contributed by atoms with Crippen LogP contribution in [0.5, 0.6) is 0 Å². The normalized spacial score (nSPS) is 12.1. The molecule has 0 aromatic heterocycles. The van der Waals surface area contributed by atoms with Gasteiger partial charge in [-0.1, -0.05) is 234 Å². The molecule has 0 aliphatic heterocycles. The molecule has 0 aromatic rings. The standard InChI is InChI=1S/C50H96O6/c1-6-7-8-9-23-30-35-40-48(51)54-43-47(56-50(53)42-37-32-27-22-18-14-13-16-20-25-29-34-39-46(4)5)44-55-49(52)41-36-31-26-21-17-12-10-11-15-19-24-28-33-38-45(2)3/h45-47H,6-44H2,1-5H3/t47-/m1/s1. The molecule has 0 heterocycles. The van der Waals surface area contributed by atoms with Crippen molar-refractivity contribution >= 4 is 17.9 Å². The second-order valence-corrected chi connectivity index (χ2v) is 18.1. The molecule has 56 heavy (non-hydrogen) atoms. The molecule has 0 spiro atoms. The lowest BCUT2D eigenvalue weighted by Gasteiger charge is -2.18. The van der Waals surface area contributed by atoms with E-state index < -0.39 is 6.10 Å². The quantitative estimate of drug-likeness (QED) is 0.0347. The van der Waals surface area contributed by atoms with E-state index in [-0.39, 0.29) is 31.1 Å². The van der Waals surface area contributed by atoms with Gasteiger partial charge >= 0.3 is 17.9 Å². The summed E-state index contributed by atoms with van der Waals surface area (Å²) in [5.74, 6) is 0.815. The molecular formula is C50H96O6. The highest BCUT2D eigenvalue weighted by Gasteiger charge is 2.19. The fourth-order valence-electron chi connectivity index (χ4n) is 7.46. The highest BCUT2D eigenvalue weighted by molar-refractivity contribution is 5.71. The van der Waals surface area contributed by atoms with Crippen LogP contribution in [-0.2, 0) is 28.6 Å². The van der Waals surface area contributed by atoms with Gasteiger partial charge in [0.05, 0.1) is 0 Å². The van der Waals surface area contributed by atoms with Crippen molar-refractivity contribution < 1.29 is 28.6 Å². The molecule has 6 heteroatoms. The Balaban J connectivity index is 4.22. The molecular weight excluding hydrogens is 697 g/mol. The van der Waals surface area contributed by atoms with Gasteiger partial charge in [-0.3, -0.25) is 14.4 Å². The summed E-state index contributed by atoms with van der Waals surface area (Å²) in [6, 6.07) is 0. The minimum atomic E-state index is -0.760. The first-order valence-electron chi connectivity index (χ1n) is 24.7. The van der Waals surface area contributed by atoms with Crippen LogP contribution in [-0.4, -0.2) is 37.2 Å². The van der Waals surface area contributed by atoms with E-state index in [0.29, 0.717) is 19.3 Å². The van der Waals surface area contributed by atoms with Crippen molar-refractivity contribution in [3.8, 4) is 0 Å². The van der Waals surface area contributed by atoms with Crippen molar-refractivity contribution in [3.63, 3.8) is 0 Å². The Kier molecular flexibility index (Phi) is 41.8. The minimum absolute atomic E-state index is 0.0643. The zero-order valence-corrected chi connectivity index (χ0v) is 38.3. The maximum absolute atomic E-state index is 12.7. The first kappa shape index (κ1) is 54.4. The van der Waals surface area contributed by atoms with Crippen LogP contribution in [0.25, 0.3) is 0 Å². The number of carbonyl (C=O) groups is 3. The highest BCUT2D eigenvalue weighted by atomic mass is 16.6. The van der Waals surface area contributed by atoms with Crippen LogP contribution in [0.1, 0.15) is 272 Å². The van der Waals surface area contributed by atoms with Gasteiger partial charge in [0, 0.05) is 19.3 Å². The van der Waals surface area contributed by atoms with Crippen LogP contribution in [0.4, 0.5) is 0 Å². The van der Waals surface area contributed by atoms with Crippen molar-refractivity contribution in [2.75, 3.05) is 13.2 Å². The van der Waals surface area contributed by atoms with Gasteiger partial charge in [0.15, 0.2) is 6.10 Å². The lowest BCUT2D eigenvalue weighted by atomic mass is 10.0.